The van der Waals surface area contributed by atoms with Gasteiger partial charge in [-0.15, -0.1) is 0 Å². The van der Waals surface area contributed by atoms with Crippen molar-refractivity contribution in [1.82, 2.24) is 9.80 Å². The standard InChI is InChI=1S/C31H32F3N3O3/c1-5-28(38)37-15-14-36(17-21(37)4)18-27(23-8-6-19(2)25(32)16-23)40-24-11-9-22(10-12-24)31(39)35-26-13-7-20(3)29(33)30(26)34/h5-13,16,21,27H,1,14-15,17-18H2,2-4H3,(H,35,39)/t21-,27+/m1/s1. The molecule has 0 unspecified atom stereocenters. The Balaban J connectivity index is 1.49. The molecule has 0 aliphatic carbocycles. The maximum absolute atomic E-state index is 14.5. The van der Waals surface area contributed by atoms with E-state index in [2.05, 4.69) is 16.8 Å². The van der Waals surface area contributed by atoms with Crippen molar-refractivity contribution in [3.8, 4) is 5.75 Å². The number of carbonyl (C=O) groups is 2. The highest BCUT2D eigenvalue weighted by Gasteiger charge is 2.29. The van der Waals surface area contributed by atoms with Crippen molar-refractivity contribution in [1.29, 1.82) is 0 Å². The molecule has 40 heavy (non-hydrogen) atoms. The van der Waals surface area contributed by atoms with Gasteiger partial charge in [-0.3, -0.25) is 14.5 Å². The van der Waals surface area contributed by atoms with E-state index in [0.717, 1.165) is 0 Å². The van der Waals surface area contributed by atoms with Crippen molar-refractivity contribution < 1.29 is 27.5 Å². The number of amides is 2. The van der Waals surface area contributed by atoms with E-state index in [4.69, 9.17) is 4.74 Å². The van der Waals surface area contributed by atoms with Crippen LogP contribution in [-0.2, 0) is 4.79 Å². The van der Waals surface area contributed by atoms with Crippen LogP contribution in [0.2, 0.25) is 0 Å². The zero-order valence-electron chi connectivity index (χ0n) is 22.7. The van der Waals surface area contributed by atoms with Crippen molar-refractivity contribution in [2.75, 3.05) is 31.5 Å². The van der Waals surface area contributed by atoms with Gasteiger partial charge in [-0.1, -0.05) is 24.8 Å². The SMILES string of the molecule is C=CC(=O)N1CCN(C[C@H](Oc2ccc(C(=O)Nc3ccc(C)c(F)c3F)cc2)c2ccc(C)c(F)c2)C[C@H]1C. The first-order valence-corrected chi connectivity index (χ1v) is 13.0. The fourth-order valence-corrected chi connectivity index (χ4v) is 4.68. The van der Waals surface area contributed by atoms with Gasteiger partial charge >= 0.3 is 0 Å². The van der Waals surface area contributed by atoms with Crippen molar-refractivity contribution in [2.45, 2.75) is 32.9 Å². The topological polar surface area (TPSA) is 61.9 Å². The van der Waals surface area contributed by atoms with Crippen molar-refractivity contribution in [2.24, 2.45) is 0 Å². The van der Waals surface area contributed by atoms with E-state index in [-0.39, 0.29) is 34.6 Å². The lowest BCUT2D eigenvalue weighted by Crippen LogP contribution is -2.54. The molecule has 0 radical (unpaired) electrons. The van der Waals surface area contributed by atoms with E-state index in [1.54, 1.807) is 30.0 Å². The molecule has 210 valence electrons. The second-order valence-electron chi connectivity index (χ2n) is 10.00. The van der Waals surface area contributed by atoms with Gasteiger partial charge < -0.3 is 15.0 Å². The van der Waals surface area contributed by atoms with Crippen LogP contribution in [-0.4, -0.2) is 53.8 Å². The maximum atomic E-state index is 14.5. The first-order chi connectivity index (χ1) is 19.1. The fraction of sp³-hybridized carbons (Fsp3) is 0.290. The number of anilines is 1. The third kappa shape index (κ3) is 6.54. The molecular formula is C31H32F3N3O3. The highest BCUT2D eigenvalue weighted by atomic mass is 19.2. The Kier molecular flexibility index (Phi) is 8.94. The summed E-state index contributed by atoms with van der Waals surface area (Å²) < 4.78 is 48.8. The first kappa shape index (κ1) is 28.9. The minimum atomic E-state index is -1.12. The van der Waals surface area contributed by atoms with E-state index in [9.17, 15) is 22.8 Å². The van der Waals surface area contributed by atoms with Crippen LogP contribution in [0.5, 0.6) is 5.75 Å². The zero-order chi connectivity index (χ0) is 29.0. The number of halogens is 3. The van der Waals surface area contributed by atoms with E-state index in [1.807, 2.05) is 13.0 Å². The summed E-state index contributed by atoms with van der Waals surface area (Å²) in [4.78, 5) is 28.7. The lowest BCUT2D eigenvalue weighted by atomic mass is 10.0. The quantitative estimate of drug-likeness (QED) is 0.359. The van der Waals surface area contributed by atoms with Gasteiger partial charge in [0, 0.05) is 37.8 Å². The Labute approximate surface area is 232 Å². The van der Waals surface area contributed by atoms with Crippen LogP contribution < -0.4 is 10.1 Å². The highest BCUT2D eigenvalue weighted by Crippen LogP contribution is 2.27. The van der Waals surface area contributed by atoms with Gasteiger partial charge in [-0.05, 0) is 79.9 Å². The average molecular weight is 552 g/mol. The summed E-state index contributed by atoms with van der Waals surface area (Å²) in [5.41, 5.74) is 1.29. The molecule has 1 saturated heterocycles. The molecule has 2 atom stereocenters. The van der Waals surface area contributed by atoms with Crippen LogP contribution in [0, 0.1) is 31.3 Å². The number of nitrogens with one attached hydrogen (secondary N) is 1. The number of nitrogens with zero attached hydrogens (tertiary/aromatic N) is 2. The monoisotopic (exact) mass is 551 g/mol. The van der Waals surface area contributed by atoms with Gasteiger partial charge in [-0.2, -0.15) is 0 Å². The Hall–Kier alpha value is -4.11. The lowest BCUT2D eigenvalue weighted by molar-refractivity contribution is -0.130. The number of hydrogen-bond donors (Lipinski definition) is 1. The third-order valence-electron chi connectivity index (χ3n) is 7.08. The van der Waals surface area contributed by atoms with Gasteiger partial charge in [0.05, 0.1) is 5.69 Å². The Morgan fingerprint density at radius 1 is 1.02 bits per heavy atom. The van der Waals surface area contributed by atoms with E-state index < -0.39 is 23.6 Å². The van der Waals surface area contributed by atoms with Crippen LogP contribution in [0.1, 0.15) is 40.1 Å². The van der Waals surface area contributed by atoms with Crippen LogP contribution in [0.3, 0.4) is 0 Å². The molecule has 0 bridgehead atoms. The summed E-state index contributed by atoms with van der Waals surface area (Å²) in [5.74, 6) is -2.74. The maximum Gasteiger partial charge on any atom is 0.255 e. The van der Waals surface area contributed by atoms with Crippen molar-refractivity contribution in [3.63, 3.8) is 0 Å². The van der Waals surface area contributed by atoms with Gasteiger partial charge in [0.25, 0.3) is 5.91 Å². The molecular weight excluding hydrogens is 519 g/mol. The molecule has 1 heterocycles. The number of aryl methyl sites for hydroxylation is 2. The Bertz CT molecular complexity index is 1410. The largest absolute Gasteiger partial charge is 0.484 e. The number of piperazine rings is 1. The average Bonchev–Trinajstić information content (AvgIpc) is 2.94. The van der Waals surface area contributed by atoms with Crippen LogP contribution in [0.15, 0.2) is 67.3 Å². The molecule has 0 spiro atoms. The molecule has 1 fully saturated rings. The predicted octanol–water partition coefficient (Wildman–Crippen LogP) is 5.81. The Morgan fingerprint density at radius 3 is 2.38 bits per heavy atom. The van der Waals surface area contributed by atoms with Gasteiger partial charge in [0.1, 0.15) is 17.7 Å². The molecule has 1 N–H and O–H groups in total. The third-order valence-corrected chi connectivity index (χ3v) is 7.08. The summed E-state index contributed by atoms with van der Waals surface area (Å²) in [6, 6.07) is 13.9. The molecule has 1 aliphatic heterocycles. The van der Waals surface area contributed by atoms with Crippen molar-refractivity contribution in [3.05, 3.63) is 107 Å². The zero-order valence-corrected chi connectivity index (χ0v) is 22.7. The molecule has 2 amide bonds. The van der Waals surface area contributed by atoms with E-state index in [0.29, 0.717) is 43.1 Å². The summed E-state index contributed by atoms with van der Waals surface area (Å²) in [6.07, 6.45) is 0.778. The van der Waals surface area contributed by atoms with E-state index >= 15 is 0 Å². The number of ether oxygens (including phenoxy) is 1. The summed E-state index contributed by atoms with van der Waals surface area (Å²) >= 11 is 0. The summed E-state index contributed by atoms with van der Waals surface area (Å²) in [7, 11) is 0. The molecule has 4 rings (SSSR count). The molecule has 9 heteroatoms. The lowest BCUT2D eigenvalue weighted by Gasteiger charge is -2.40. The fourth-order valence-electron chi connectivity index (χ4n) is 4.68. The highest BCUT2D eigenvalue weighted by molar-refractivity contribution is 6.04. The smallest absolute Gasteiger partial charge is 0.255 e. The molecule has 3 aromatic rings. The number of hydrogen-bond acceptors (Lipinski definition) is 4. The molecule has 0 aromatic heterocycles. The molecule has 3 aromatic carbocycles. The predicted molar refractivity (Wildman–Crippen MR) is 148 cm³/mol. The van der Waals surface area contributed by atoms with Crippen LogP contribution >= 0.6 is 0 Å². The summed E-state index contributed by atoms with van der Waals surface area (Å²) in [6.45, 7) is 10.9. The normalized spacial score (nSPS) is 16.4. The minimum Gasteiger partial charge on any atom is -0.484 e. The second kappa shape index (κ2) is 12.4. The molecule has 1 aliphatic rings. The van der Waals surface area contributed by atoms with Gasteiger partial charge in [-0.25, -0.2) is 13.2 Å². The molecule has 6 nitrogen and oxygen atoms in total. The van der Waals surface area contributed by atoms with E-state index in [1.165, 1.54) is 43.3 Å². The van der Waals surface area contributed by atoms with Gasteiger partial charge in [0.2, 0.25) is 5.91 Å². The Morgan fingerprint density at radius 2 is 1.73 bits per heavy atom. The minimum absolute atomic E-state index is 0.0284. The van der Waals surface area contributed by atoms with Crippen LogP contribution in [0.25, 0.3) is 0 Å². The number of carbonyl (C=O) groups excluding carboxylic acids is 2. The first-order valence-electron chi connectivity index (χ1n) is 13.0. The second-order valence-corrected chi connectivity index (χ2v) is 10.00. The van der Waals surface area contributed by atoms with Crippen LogP contribution in [0.4, 0.5) is 18.9 Å². The molecule has 0 saturated carbocycles. The number of benzene rings is 3. The number of rotatable bonds is 8. The summed E-state index contributed by atoms with van der Waals surface area (Å²) in [5, 5.41) is 2.39. The van der Waals surface area contributed by atoms with Crippen molar-refractivity contribution >= 4 is 17.5 Å². The van der Waals surface area contributed by atoms with Gasteiger partial charge in [0.15, 0.2) is 11.6 Å².